The fourth-order valence-electron chi connectivity index (χ4n) is 2.60. The van der Waals surface area contributed by atoms with E-state index < -0.39 is 0 Å². The van der Waals surface area contributed by atoms with E-state index in [0.29, 0.717) is 38.3 Å². The van der Waals surface area contributed by atoms with Crippen LogP contribution >= 0.6 is 0 Å². The van der Waals surface area contributed by atoms with Gasteiger partial charge >= 0.3 is 6.09 Å². The predicted molar refractivity (Wildman–Crippen MR) is 79.8 cm³/mol. The summed E-state index contributed by atoms with van der Waals surface area (Å²) in [7, 11) is 0. The van der Waals surface area contributed by atoms with E-state index in [9.17, 15) is 9.18 Å². The minimum Gasteiger partial charge on any atom is -0.450 e. The van der Waals surface area contributed by atoms with Crippen LogP contribution in [-0.2, 0) is 4.74 Å². The number of hydrogen-bond acceptors (Lipinski definition) is 4. The van der Waals surface area contributed by atoms with Crippen LogP contribution in [-0.4, -0.2) is 43.8 Å². The van der Waals surface area contributed by atoms with Crippen LogP contribution in [0.1, 0.15) is 25.5 Å². The fourth-order valence-corrected chi connectivity index (χ4v) is 2.60. The average molecular weight is 295 g/mol. The zero-order valence-corrected chi connectivity index (χ0v) is 12.5. The Morgan fingerprint density at radius 2 is 2.05 bits per heavy atom. The summed E-state index contributed by atoms with van der Waals surface area (Å²) in [5, 5.41) is 0. The van der Waals surface area contributed by atoms with Gasteiger partial charge in [0.2, 0.25) is 0 Å². The molecule has 5 nitrogen and oxygen atoms in total. The van der Waals surface area contributed by atoms with Crippen molar-refractivity contribution in [3.63, 3.8) is 0 Å². The average Bonchev–Trinajstić information content (AvgIpc) is 2.47. The van der Waals surface area contributed by atoms with Crippen molar-refractivity contribution < 1.29 is 13.9 Å². The number of amides is 1. The van der Waals surface area contributed by atoms with Gasteiger partial charge in [-0.15, -0.1) is 0 Å². The Morgan fingerprint density at radius 1 is 1.38 bits per heavy atom. The number of carbonyl (C=O) groups is 1. The molecule has 0 unspecified atom stereocenters. The van der Waals surface area contributed by atoms with E-state index in [0.717, 1.165) is 5.69 Å². The lowest BCUT2D eigenvalue weighted by Gasteiger charge is -2.36. The van der Waals surface area contributed by atoms with E-state index in [1.165, 1.54) is 6.07 Å². The summed E-state index contributed by atoms with van der Waals surface area (Å²) in [5.41, 5.74) is 7.23. The summed E-state index contributed by atoms with van der Waals surface area (Å²) in [6.45, 7) is 6.34. The number of carbonyl (C=O) groups excluding carboxylic acids is 1. The Labute approximate surface area is 124 Å². The third kappa shape index (κ3) is 3.44. The molecule has 2 N–H and O–H groups in total. The van der Waals surface area contributed by atoms with Gasteiger partial charge in [0.05, 0.1) is 6.61 Å². The molecule has 0 aliphatic carbocycles. The van der Waals surface area contributed by atoms with Crippen LogP contribution in [0.2, 0.25) is 0 Å². The molecule has 1 saturated heterocycles. The predicted octanol–water partition coefficient (Wildman–Crippen LogP) is 2.12. The third-order valence-corrected chi connectivity index (χ3v) is 3.63. The summed E-state index contributed by atoms with van der Waals surface area (Å²) in [4.78, 5) is 15.4. The second kappa shape index (κ2) is 6.76. The first kappa shape index (κ1) is 15.6. The monoisotopic (exact) mass is 295 g/mol. The highest BCUT2D eigenvalue weighted by molar-refractivity contribution is 5.68. The molecule has 1 aromatic carbocycles. The van der Waals surface area contributed by atoms with E-state index in [1.54, 1.807) is 24.8 Å². The molecule has 0 saturated carbocycles. The Kier molecular flexibility index (Phi) is 5.01. The maximum absolute atomic E-state index is 14.0. The number of anilines is 1. The lowest BCUT2D eigenvalue weighted by atomic mass is 10.0. The van der Waals surface area contributed by atoms with Crippen molar-refractivity contribution in [2.24, 2.45) is 5.73 Å². The van der Waals surface area contributed by atoms with Crippen LogP contribution in [0, 0.1) is 5.82 Å². The van der Waals surface area contributed by atoms with E-state index in [4.69, 9.17) is 10.5 Å². The molecule has 1 aliphatic heterocycles. The maximum atomic E-state index is 14.0. The van der Waals surface area contributed by atoms with Crippen LogP contribution in [0.4, 0.5) is 14.9 Å². The molecule has 0 radical (unpaired) electrons. The number of piperazine rings is 1. The Bertz CT molecular complexity index is 500. The van der Waals surface area contributed by atoms with Crippen molar-refractivity contribution in [3.8, 4) is 0 Å². The highest BCUT2D eigenvalue weighted by Gasteiger charge is 2.24. The Morgan fingerprint density at radius 3 is 2.62 bits per heavy atom. The number of halogens is 1. The Hall–Kier alpha value is -1.82. The molecule has 1 aromatic rings. The molecule has 0 spiro atoms. The van der Waals surface area contributed by atoms with Crippen molar-refractivity contribution in [2.45, 2.75) is 19.9 Å². The Balaban J connectivity index is 2.09. The molecule has 6 heteroatoms. The lowest BCUT2D eigenvalue weighted by Crippen LogP contribution is -2.49. The van der Waals surface area contributed by atoms with Gasteiger partial charge in [-0.25, -0.2) is 9.18 Å². The number of rotatable bonds is 3. The number of benzene rings is 1. The molecule has 116 valence electrons. The van der Waals surface area contributed by atoms with Gasteiger partial charge in [0.15, 0.2) is 0 Å². The summed E-state index contributed by atoms with van der Waals surface area (Å²) in [6.07, 6.45) is -0.288. The van der Waals surface area contributed by atoms with E-state index in [-0.39, 0.29) is 18.0 Å². The SMILES string of the molecule is CCOC(=O)N1CCN(c2cccc(F)c2[C@@H](C)N)CC1. The van der Waals surface area contributed by atoms with Crippen LogP contribution in [0.5, 0.6) is 0 Å². The molecule has 1 fully saturated rings. The van der Waals surface area contributed by atoms with Crippen LogP contribution in [0.25, 0.3) is 0 Å². The first-order valence-corrected chi connectivity index (χ1v) is 7.25. The molecule has 21 heavy (non-hydrogen) atoms. The smallest absolute Gasteiger partial charge is 0.409 e. The van der Waals surface area contributed by atoms with Gasteiger partial charge in [-0.1, -0.05) is 6.07 Å². The second-order valence-corrected chi connectivity index (χ2v) is 5.13. The topological polar surface area (TPSA) is 58.8 Å². The molecule has 1 heterocycles. The first-order chi connectivity index (χ1) is 10.0. The second-order valence-electron chi connectivity index (χ2n) is 5.13. The van der Waals surface area contributed by atoms with Crippen molar-refractivity contribution in [2.75, 3.05) is 37.7 Å². The van der Waals surface area contributed by atoms with Gasteiger partial charge in [0, 0.05) is 43.5 Å². The van der Waals surface area contributed by atoms with E-state index >= 15 is 0 Å². The van der Waals surface area contributed by atoms with Crippen LogP contribution in [0.3, 0.4) is 0 Å². The number of nitrogens with two attached hydrogens (primary N) is 1. The lowest BCUT2D eigenvalue weighted by molar-refractivity contribution is 0.105. The van der Waals surface area contributed by atoms with E-state index in [2.05, 4.69) is 4.90 Å². The minimum atomic E-state index is -0.371. The highest BCUT2D eigenvalue weighted by atomic mass is 19.1. The number of hydrogen-bond donors (Lipinski definition) is 1. The zero-order valence-electron chi connectivity index (χ0n) is 12.5. The fraction of sp³-hybridized carbons (Fsp3) is 0.533. The summed E-state index contributed by atoms with van der Waals surface area (Å²) >= 11 is 0. The molecule has 2 rings (SSSR count). The van der Waals surface area contributed by atoms with Crippen molar-refractivity contribution in [1.29, 1.82) is 0 Å². The molecular weight excluding hydrogens is 273 g/mol. The first-order valence-electron chi connectivity index (χ1n) is 7.25. The number of ether oxygens (including phenoxy) is 1. The molecule has 1 amide bonds. The van der Waals surface area contributed by atoms with Crippen LogP contribution in [0.15, 0.2) is 18.2 Å². The van der Waals surface area contributed by atoms with Crippen molar-refractivity contribution in [3.05, 3.63) is 29.6 Å². The van der Waals surface area contributed by atoms with Gasteiger partial charge in [0.1, 0.15) is 5.82 Å². The molecule has 0 bridgehead atoms. The minimum absolute atomic E-state index is 0.282. The van der Waals surface area contributed by atoms with Crippen LogP contribution < -0.4 is 10.6 Å². The quantitative estimate of drug-likeness (QED) is 0.928. The zero-order chi connectivity index (χ0) is 15.4. The van der Waals surface area contributed by atoms with Crippen molar-refractivity contribution in [1.82, 2.24) is 4.90 Å². The van der Waals surface area contributed by atoms with Gasteiger partial charge in [-0.2, -0.15) is 0 Å². The van der Waals surface area contributed by atoms with Gasteiger partial charge < -0.3 is 20.3 Å². The molecule has 1 atom stereocenters. The normalized spacial score (nSPS) is 16.8. The molecular formula is C15H22FN3O2. The molecule has 1 aliphatic rings. The van der Waals surface area contributed by atoms with E-state index in [1.807, 2.05) is 6.07 Å². The van der Waals surface area contributed by atoms with Crippen molar-refractivity contribution >= 4 is 11.8 Å². The van der Waals surface area contributed by atoms with Gasteiger partial charge in [0.25, 0.3) is 0 Å². The summed E-state index contributed by atoms with van der Waals surface area (Å²) < 4.78 is 19.0. The van der Waals surface area contributed by atoms with Gasteiger partial charge in [-0.3, -0.25) is 0 Å². The van der Waals surface area contributed by atoms with Gasteiger partial charge in [-0.05, 0) is 26.0 Å². The third-order valence-electron chi connectivity index (χ3n) is 3.63. The molecule has 0 aromatic heterocycles. The highest BCUT2D eigenvalue weighted by Crippen LogP contribution is 2.28. The standard InChI is InChI=1S/C15H22FN3O2/c1-3-21-15(20)19-9-7-18(8-10-19)13-6-4-5-12(16)14(13)11(2)17/h4-6,11H,3,7-10,17H2,1-2H3/t11-/m1/s1. The summed E-state index contributed by atoms with van der Waals surface area (Å²) in [5.74, 6) is -0.282. The number of nitrogens with zero attached hydrogens (tertiary/aromatic N) is 2. The largest absolute Gasteiger partial charge is 0.450 e. The summed E-state index contributed by atoms with van der Waals surface area (Å²) in [6, 6.07) is 4.62. The maximum Gasteiger partial charge on any atom is 0.409 e.